The molecule has 1 aromatic carbocycles. The number of esters is 1. The van der Waals surface area contributed by atoms with Gasteiger partial charge in [0, 0.05) is 0 Å². The van der Waals surface area contributed by atoms with Crippen molar-refractivity contribution in [3.05, 3.63) is 23.8 Å². The SMILES string of the molecule is COC(=O)c1ccc(N(O)N=CC(F)(F)F)cc1S(N)(=O)=O. The monoisotopic (exact) mass is 341 g/mol. The van der Waals surface area contributed by atoms with E-state index < -0.39 is 44.5 Å². The summed E-state index contributed by atoms with van der Waals surface area (Å²) in [6.07, 6.45) is -5.30. The van der Waals surface area contributed by atoms with Crippen molar-refractivity contribution in [3.8, 4) is 0 Å². The lowest BCUT2D eigenvalue weighted by molar-refractivity contribution is -0.0542. The second-order valence-electron chi connectivity index (χ2n) is 3.79. The fraction of sp³-hybridized carbons (Fsp3) is 0.200. The van der Waals surface area contributed by atoms with Crippen LogP contribution >= 0.6 is 0 Å². The Hall–Kier alpha value is -2.18. The summed E-state index contributed by atoms with van der Waals surface area (Å²) >= 11 is 0. The number of ether oxygens (including phenoxy) is 1. The first kappa shape index (κ1) is 17.9. The van der Waals surface area contributed by atoms with Crippen LogP contribution in [0.4, 0.5) is 18.9 Å². The Morgan fingerprint density at radius 3 is 2.50 bits per heavy atom. The lowest BCUT2D eigenvalue weighted by Gasteiger charge is -2.13. The minimum absolute atomic E-state index is 0.219. The molecule has 12 heteroatoms. The van der Waals surface area contributed by atoms with Crippen molar-refractivity contribution in [2.75, 3.05) is 12.3 Å². The molecular weight excluding hydrogens is 331 g/mol. The molecule has 122 valence electrons. The normalized spacial score (nSPS) is 12.5. The lowest BCUT2D eigenvalue weighted by Crippen LogP contribution is -2.20. The van der Waals surface area contributed by atoms with Gasteiger partial charge in [-0.2, -0.15) is 13.2 Å². The van der Waals surface area contributed by atoms with Gasteiger partial charge in [-0.1, -0.05) is 0 Å². The first-order valence-corrected chi connectivity index (χ1v) is 6.86. The van der Waals surface area contributed by atoms with Gasteiger partial charge >= 0.3 is 12.1 Å². The Morgan fingerprint density at radius 2 is 2.05 bits per heavy atom. The number of hydrogen-bond donors (Lipinski definition) is 2. The number of methoxy groups -OCH3 is 1. The zero-order chi connectivity index (χ0) is 17.1. The molecule has 1 aromatic rings. The summed E-state index contributed by atoms with van der Waals surface area (Å²) in [5, 5.41) is 16.7. The second-order valence-corrected chi connectivity index (χ2v) is 5.32. The highest BCUT2D eigenvalue weighted by Crippen LogP contribution is 2.23. The molecule has 0 aromatic heterocycles. The average molecular weight is 341 g/mol. The van der Waals surface area contributed by atoms with Gasteiger partial charge in [0.25, 0.3) is 0 Å². The first-order valence-electron chi connectivity index (χ1n) is 5.32. The fourth-order valence-electron chi connectivity index (χ4n) is 1.34. The van der Waals surface area contributed by atoms with E-state index >= 15 is 0 Å². The average Bonchev–Trinajstić information content (AvgIpc) is 2.41. The van der Waals surface area contributed by atoms with E-state index in [9.17, 15) is 31.6 Å². The lowest BCUT2D eigenvalue weighted by atomic mass is 10.2. The molecule has 0 heterocycles. The zero-order valence-corrected chi connectivity index (χ0v) is 11.7. The van der Waals surface area contributed by atoms with Crippen molar-refractivity contribution in [1.29, 1.82) is 0 Å². The number of nitrogens with two attached hydrogens (primary N) is 1. The predicted octanol–water partition coefficient (Wildman–Crippen LogP) is 0.864. The number of nitrogens with zero attached hydrogens (tertiary/aromatic N) is 2. The molecule has 22 heavy (non-hydrogen) atoms. The van der Waals surface area contributed by atoms with Gasteiger partial charge in [-0.25, -0.2) is 18.4 Å². The van der Waals surface area contributed by atoms with Gasteiger partial charge in [0.1, 0.15) is 6.21 Å². The van der Waals surface area contributed by atoms with Crippen LogP contribution in [-0.4, -0.2) is 39.1 Å². The number of sulfonamides is 1. The molecule has 0 fully saturated rings. The Morgan fingerprint density at radius 1 is 1.45 bits per heavy atom. The summed E-state index contributed by atoms with van der Waals surface area (Å²) in [5.74, 6) is -1.03. The second kappa shape index (κ2) is 6.29. The molecule has 0 unspecified atom stereocenters. The van der Waals surface area contributed by atoms with Gasteiger partial charge < -0.3 is 4.74 Å². The van der Waals surface area contributed by atoms with Crippen LogP contribution in [0.3, 0.4) is 0 Å². The third kappa shape index (κ3) is 4.68. The van der Waals surface area contributed by atoms with E-state index in [1.54, 1.807) is 0 Å². The molecule has 0 atom stereocenters. The Balaban J connectivity index is 3.32. The number of hydrogen-bond acceptors (Lipinski definition) is 7. The van der Waals surface area contributed by atoms with Crippen LogP contribution < -0.4 is 10.3 Å². The molecular formula is C10H10F3N3O5S. The summed E-state index contributed by atoms with van der Waals surface area (Å²) in [5.41, 5.74) is -0.904. The largest absolute Gasteiger partial charge is 0.465 e. The molecule has 0 saturated heterocycles. The molecule has 0 bridgehead atoms. The summed E-state index contributed by atoms with van der Waals surface area (Å²) in [7, 11) is -3.41. The van der Waals surface area contributed by atoms with Crippen molar-refractivity contribution < 1.29 is 36.3 Å². The van der Waals surface area contributed by atoms with E-state index in [1.807, 2.05) is 0 Å². The Bertz CT molecular complexity index is 702. The molecule has 0 amide bonds. The minimum Gasteiger partial charge on any atom is -0.465 e. The number of halogens is 3. The third-order valence-electron chi connectivity index (χ3n) is 2.22. The smallest absolute Gasteiger partial charge is 0.428 e. The molecule has 0 saturated carbocycles. The van der Waals surface area contributed by atoms with Crippen LogP contribution in [-0.2, 0) is 14.8 Å². The summed E-state index contributed by atoms with van der Waals surface area (Å²) in [6.45, 7) is 0. The molecule has 0 aliphatic heterocycles. The van der Waals surface area contributed by atoms with Crippen molar-refractivity contribution >= 4 is 27.9 Å². The van der Waals surface area contributed by atoms with Crippen molar-refractivity contribution in [2.45, 2.75) is 11.1 Å². The van der Waals surface area contributed by atoms with Crippen molar-refractivity contribution in [3.63, 3.8) is 0 Å². The number of hydrazone groups is 1. The van der Waals surface area contributed by atoms with Gasteiger partial charge in [0.2, 0.25) is 10.0 Å². The molecule has 0 aliphatic carbocycles. The number of carbonyl (C=O) groups excluding carboxylic acids is 1. The van der Waals surface area contributed by atoms with E-state index in [2.05, 4.69) is 9.84 Å². The summed E-state index contributed by atoms with van der Waals surface area (Å²) in [4.78, 5) is 10.7. The highest BCUT2D eigenvalue weighted by molar-refractivity contribution is 7.89. The maximum Gasteiger partial charge on any atom is 0.428 e. The molecule has 8 nitrogen and oxygen atoms in total. The maximum absolute atomic E-state index is 12.0. The van der Waals surface area contributed by atoms with Crippen LogP contribution in [0, 0.1) is 0 Å². The van der Waals surface area contributed by atoms with Crippen molar-refractivity contribution in [2.24, 2.45) is 10.2 Å². The Labute approximate surface area is 122 Å². The van der Waals surface area contributed by atoms with E-state index in [0.29, 0.717) is 6.07 Å². The topological polar surface area (TPSA) is 122 Å². The first-order chi connectivity index (χ1) is 9.95. The third-order valence-corrected chi connectivity index (χ3v) is 3.17. The van der Waals surface area contributed by atoms with Gasteiger partial charge in [0.15, 0.2) is 0 Å². The molecule has 0 aliphatic rings. The van der Waals surface area contributed by atoms with Gasteiger partial charge in [-0.3, -0.25) is 5.21 Å². The zero-order valence-electron chi connectivity index (χ0n) is 10.9. The van der Waals surface area contributed by atoms with Crippen LogP contribution in [0.2, 0.25) is 0 Å². The Kier molecular flexibility index (Phi) is 5.11. The van der Waals surface area contributed by atoms with Gasteiger partial charge in [-0.05, 0) is 18.2 Å². The van der Waals surface area contributed by atoms with Gasteiger partial charge in [0.05, 0.1) is 23.3 Å². The molecule has 0 spiro atoms. The number of benzene rings is 1. The number of rotatable bonds is 4. The summed E-state index contributed by atoms with van der Waals surface area (Å²) < 4.78 is 63.0. The number of anilines is 1. The molecule has 0 radical (unpaired) electrons. The van der Waals surface area contributed by atoms with Crippen LogP contribution in [0.1, 0.15) is 10.4 Å². The van der Waals surface area contributed by atoms with E-state index in [-0.39, 0.29) is 5.17 Å². The fourth-order valence-corrected chi connectivity index (χ4v) is 2.08. The quantitative estimate of drug-likeness (QED) is 0.476. The van der Waals surface area contributed by atoms with Crippen LogP contribution in [0.15, 0.2) is 28.2 Å². The number of carbonyl (C=O) groups is 1. The molecule has 3 N–H and O–H groups in total. The van der Waals surface area contributed by atoms with Crippen molar-refractivity contribution in [1.82, 2.24) is 0 Å². The highest BCUT2D eigenvalue weighted by atomic mass is 32.2. The summed E-state index contributed by atoms with van der Waals surface area (Å²) in [6, 6.07) is 2.54. The van der Waals surface area contributed by atoms with E-state index in [4.69, 9.17) is 5.14 Å². The van der Waals surface area contributed by atoms with E-state index in [1.165, 1.54) is 0 Å². The minimum atomic E-state index is -4.78. The van der Waals surface area contributed by atoms with Gasteiger partial charge in [-0.15, -0.1) is 10.3 Å². The maximum atomic E-state index is 12.0. The highest BCUT2D eigenvalue weighted by Gasteiger charge is 2.25. The molecule has 1 rings (SSSR count). The van der Waals surface area contributed by atoms with E-state index in [0.717, 1.165) is 19.2 Å². The number of primary sulfonamides is 1. The standard InChI is InChI=1S/C10H10F3N3O5S/c1-21-9(17)7-3-2-6(4-8(7)22(14,19)20)16(18)15-5-10(11,12)13/h2-5,18H,1H3,(H2,14,19,20). The van der Waals surface area contributed by atoms with Crippen LogP contribution in [0.5, 0.6) is 0 Å². The van der Waals surface area contributed by atoms with Crippen LogP contribution in [0.25, 0.3) is 0 Å². The number of alkyl halides is 3. The predicted molar refractivity (Wildman–Crippen MR) is 68.0 cm³/mol.